The largest absolute Gasteiger partial charge is 0.502 e. The number of anilines is 1. The molecule has 0 aliphatic heterocycles. The summed E-state index contributed by atoms with van der Waals surface area (Å²) in [6.45, 7) is 3.35. The third-order valence-electron chi connectivity index (χ3n) is 2.74. The van der Waals surface area contributed by atoms with Gasteiger partial charge in [-0.05, 0) is 13.8 Å². The molecule has 0 fully saturated rings. The summed E-state index contributed by atoms with van der Waals surface area (Å²) in [5, 5.41) is 9.27. The Balaban J connectivity index is 2.96. The van der Waals surface area contributed by atoms with E-state index in [9.17, 15) is 13.9 Å². The number of halogens is 2. The first-order valence-electron chi connectivity index (χ1n) is 5.62. The van der Waals surface area contributed by atoms with Crippen LogP contribution in [0.25, 0.3) is 10.9 Å². The van der Waals surface area contributed by atoms with Crippen LogP contribution in [-0.4, -0.2) is 22.2 Å². The Morgan fingerprint density at radius 3 is 2.35 bits per heavy atom. The van der Waals surface area contributed by atoms with Crippen molar-refractivity contribution in [2.24, 2.45) is 0 Å². The number of aromatic nitrogens is 2. The van der Waals surface area contributed by atoms with Gasteiger partial charge in [0.05, 0.1) is 17.2 Å². The second kappa shape index (κ2) is 4.62. The predicted octanol–water partition coefficient (Wildman–Crippen LogP) is 2.37. The third-order valence-corrected chi connectivity index (χ3v) is 2.94. The number of nitrogens with zero attached hydrogens (tertiary/aromatic N) is 2. The van der Waals surface area contributed by atoms with Crippen molar-refractivity contribution < 1.29 is 18.6 Å². The molecule has 2 aromatic rings. The molecule has 1 aromatic heterocycles. The number of nitrogen functional groups attached to an aromatic ring is 1. The van der Waals surface area contributed by atoms with Crippen molar-refractivity contribution in [3.8, 4) is 11.5 Å². The van der Waals surface area contributed by atoms with Crippen molar-refractivity contribution in [3.05, 3.63) is 17.5 Å². The zero-order valence-electron chi connectivity index (χ0n) is 11.0. The number of ether oxygens (including phenoxy) is 1. The second-order valence-electron chi connectivity index (χ2n) is 4.72. The van der Waals surface area contributed by atoms with Gasteiger partial charge in [0.15, 0.2) is 17.4 Å². The molecule has 8 heteroatoms. The Morgan fingerprint density at radius 1 is 1.25 bits per heavy atom. The van der Waals surface area contributed by atoms with Gasteiger partial charge in [0.25, 0.3) is 0 Å². The van der Waals surface area contributed by atoms with E-state index in [4.69, 9.17) is 5.73 Å². The number of aromatic hydroxyl groups is 1. The molecule has 5 nitrogen and oxygen atoms in total. The lowest BCUT2D eigenvalue weighted by molar-refractivity contribution is 0.340. The van der Waals surface area contributed by atoms with Crippen LogP contribution in [0.1, 0.15) is 19.7 Å². The number of rotatable bonds is 2. The highest BCUT2D eigenvalue weighted by molar-refractivity contribution is 7.81. The van der Waals surface area contributed by atoms with E-state index >= 15 is 0 Å². The van der Waals surface area contributed by atoms with Gasteiger partial charge in [0.1, 0.15) is 17.2 Å². The minimum absolute atomic E-state index is 0.119. The molecule has 0 amide bonds. The SMILES string of the molecule is COc1c(O)c(F)c2nc(C(C)(C)S)nc(N)c2c1F. The van der Waals surface area contributed by atoms with Gasteiger partial charge in [-0.25, -0.2) is 18.7 Å². The van der Waals surface area contributed by atoms with Gasteiger partial charge in [-0.3, -0.25) is 0 Å². The summed E-state index contributed by atoms with van der Waals surface area (Å²) in [6.07, 6.45) is 0. The summed E-state index contributed by atoms with van der Waals surface area (Å²) in [4.78, 5) is 7.83. The number of phenols is 1. The normalized spacial score (nSPS) is 11.9. The number of phenolic OH excluding ortho intramolecular Hbond substituents is 1. The number of benzene rings is 1. The lowest BCUT2D eigenvalue weighted by Crippen LogP contribution is -2.15. The molecule has 2 rings (SSSR count). The van der Waals surface area contributed by atoms with Gasteiger partial charge in [-0.1, -0.05) is 0 Å². The molecule has 108 valence electrons. The molecular weight excluding hydrogens is 288 g/mol. The molecule has 1 aromatic carbocycles. The molecule has 0 atom stereocenters. The Kier molecular flexibility index (Phi) is 3.37. The van der Waals surface area contributed by atoms with Crippen LogP contribution in [0.3, 0.4) is 0 Å². The van der Waals surface area contributed by atoms with Crippen molar-refractivity contribution in [3.63, 3.8) is 0 Å². The van der Waals surface area contributed by atoms with Gasteiger partial charge in [0.2, 0.25) is 5.75 Å². The van der Waals surface area contributed by atoms with E-state index in [1.54, 1.807) is 13.8 Å². The Labute approximate surface area is 119 Å². The number of nitrogens with two attached hydrogens (primary N) is 1. The molecular formula is C12H13F2N3O2S. The number of methoxy groups -OCH3 is 1. The molecule has 0 aliphatic rings. The Bertz CT molecular complexity index is 702. The van der Waals surface area contributed by atoms with Gasteiger partial charge in [0, 0.05) is 0 Å². The van der Waals surface area contributed by atoms with Gasteiger partial charge >= 0.3 is 0 Å². The standard InChI is InChI=1S/C12H13F2N3O2S/c1-12(2,20)11-16-7-4(10(15)17-11)5(13)9(19-3)8(18)6(7)14/h18,20H,1-3H3,(H2,15,16,17). The molecule has 0 unspecified atom stereocenters. The van der Waals surface area contributed by atoms with Gasteiger partial charge < -0.3 is 15.6 Å². The highest BCUT2D eigenvalue weighted by Crippen LogP contribution is 2.40. The summed E-state index contributed by atoms with van der Waals surface area (Å²) in [5.41, 5.74) is 5.26. The number of hydrogen-bond acceptors (Lipinski definition) is 6. The Morgan fingerprint density at radius 2 is 1.85 bits per heavy atom. The Hall–Kier alpha value is -1.83. The van der Waals surface area contributed by atoms with Crippen LogP contribution >= 0.6 is 12.6 Å². The average molecular weight is 301 g/mol. The minimum atomic E-state index is -1.12. The topological polar surface area (TPSA) is 81.3 Å². The van der Waals surface area contributed by atoms with Crippen molar-refractivity contribution in [2.45, 2.75) is 18.6 Å². The van der Waals surface area contributed by atoms with Crippen LogP contribution in [0.15, 0.2) is 0 Å². The van der Waals surface area contributed by atoms with Crippen LogP contribution in [0.2, 0.25) is 0 Å². The van der Waals surface area contributed by atoms with Crippen molar-refractivity contribution in [1.82, 2.24) is 9.97 Å². The predicted molar refractivity (Wildman–Crippen MR) is 74.1 cm³/mol. The molecule has 0 spiro atoms. The quantitative estimate of drug-likeness (QED) is 0.742. The second-order valence-corrected chi connectivity index (χ2v) is 5.84. The lowest BCUT2D eigenvalue weighted by atomic mass is 10.1. The van der Waals surface area contributed by atoms with E-state index in [-0.39, 0.29) is 17.0 Å². The fourth-order valence-corrected chi connectivity index (χ4v) is 1.84. The fraction of sp³-hybridized carbons (Fsp3) is 0.333. The van der Waals surface area contributed by atoms with Crippen molar-refractivity contribution in [1.29, 1.82) is 0 Å². The zero-order chi connectivity index (χ0) is 15.2. The number of thiol groups is 1. The van der Waals surface area contributed by atoms with E-state index in [0.717, 1.165) is 7.11 Å². The van der Waals surface area contributed by atoms with E-state index in [0.29, 0.717) is 0 Å². The van der Waals surface area contributed by atoms with E-state index in [2.05, 4.69) is 27.3 Å². The summed E-state index contributed by atoms with van der Waals surface area (Å²) in [5.74, 6) is -3.86. The van der Waals surface area contributed by atoms with Crippen molar-refractivity contribution in [2.75, 3.05) is 12.8 Å². The smallest absolute Gasteiger partial charge is 0.200 e. The average Bonchev–Trinajstić information content (AvgIpc) is 2.34. The molecule has 0 radical (unpaired) electrons. The maximum atomic E-state index is 14.2. The maximum Gasteiger partial charge on any atom is 0.200 e. The molecule has 0 saturated heterocycles. The maximum absolute atomic E-state index is 14.2. The third kappa shape index (κ3) is 2.09. The summed E-state index contributed by atoms with van der Waals surface area (Å²) < 4.78 is 32.1. The van der Waals surface area contributed by atoms with Crippen LogP contribution < -0.4 is 10.5 Å². The fourth-order valence-electron chi connectivity index (χ4n) is 1.74. The highest BCUT2D eigenvalue weighted by atomic mass is 32.1. The monoisotopic (exact) mass is 301 g/mol. The van der Waals surface area contributed by atoms with E-state index in [1.165, 1.54) is 0 Å². The molecule has 0 saturated carbocycles. The molecule has 1 heterocycles. The number of hydrogen-bond donors (Lipinski definition) is 3. The molecule has 3 N–H and O–H groups in total. The zero-order valence-corrected chi connectivity index (χ0v) is 11.9. The van der Waals surface area contributed by atoms with Gasteiger partial charge in [-0.15, -0.1) is 0 Å². The number of fused-ring (bicyclic) bond motifs is 1. The lowest BCUT2D eigenvalue weighted by Gasteiger charge is -2.18. The van der Waals surface area contributed by atoms with Crippen LogP contribution in [-0.2, 0) is 4.75 Å². The van der Waals surface area contributed by atoms with Crippen LogP contribution in [0, 0.1) is 11.6 Å². The molecule has 20 heavy (non-hydrogen) atoms. The summed E-state index contributed by atoms with van der Waals surface area (Å²) in [6, 6.07) is 0. The first-order chi connectivity index (χ1) is 9.18. The van der Waals surface area contributed by atoms with Crippen LogP contribution in [0.5, 0.6) is 11.5 Å². The van der Waals surface area contributed by atoms with E-state index in [1.807, 2.05) is 0 Å². The minimum Gasteiger partial charge on any atom is -0.502 e. The van der Waals surface area contributed by atoms with E-state index < -0.39 is 33.4 Å². The summed E-state index contributed by atoms with van der Waals surface area (Å²) >= 11 is 4.26. The highest BCUT2D eigenvalue weighted by Gasteiger charge is 2.27. The molecule has 0 aliphatic carbocycles. The summed E-state index contributed by atoms with van der Waals surface area (Å²) in [7, 11) is 1.10. The first-order valence-corrected chi connectivity index (χ1v) is 6.07. The van der Waals surface area contributed by atoms with Gasteiger partial charge in [-0.2, -0.15) is 12.6 Å². The first kappa shape index (κ1) is 14.6. The molecule has 0 bridgehead atoms. The van der Waals surface area contributed by atoms with Crippen molar-refractivity contribution >= 4 is 29.3 Å². The van der Waals surface area contributed by atoms with Crippen LogP contribution in [0.4, 0.5) is 14.6 Å².